The lowest BCUT2D eigenvalue weighted by atomic mass is 9.73. The first-order chi connectivity index (χ1) is 7.08. The largest absolute Gasteiger partial charge is 0.465 e. The van der Waals surface area contributed by atoms with Crippen molar-refractivity contribution in [2.24, 2.45) is 11.3 Å². The van der Waals surface area contributed by atoms with E-state index in [1.165, 1.54) is 0 Å². The fraction of sp³-hybridized carbons (Fsp3) is 0.833. The van der Waals surface area contributed by atoms with Gasteiger partial charge in [0.15, 0.2) is 5.41 Å². The van der Waals surface area contributed by atoms with Gasteiger partial charge in [0, 0.05) is 0 Å². The average Bonchev–Trinajstić information content (AvgIpc) is 2.21. The molecule has 3 heteroatoms. The van der Waals surface area contributed by atoms with Crippen molar-refractivity contribution in [2.45, 2.75) is 47.0 Å². The van der Waals surface area contributed by atoms with Crippen molar-refractivity contribution in [3.05, 3.63) is 0 Å². The van der Waals surface area contributed by atoms with Gasteiger partial charge < -0.3 is 4.74 Å². The van der Waals surface area contributed by atoms with Gasteiger partial charge in [-0.15, -0.1) is 0 Å². The summed E-state index contributed by atoms with van der Waals surface area (Å²) in [7, 11) is 0. The highest BCUT2D eigenvalue weighted by atomic mass is 16.5. The predicted molar refractivity (Wildman–Crippen MR) is 59.0 cm³/mol. The zero-order valence-electron chi connectivity index (χ0n) is 10.2. The summed E-state index contributed by atoms with van der Waals surface area (Å²) in [5.41, 5.74) is -0.952. The molecule has 0 saturated carbocycles. The molecule has 0 aliphatic rings. The Morgan fingerprint density at radius 2 is 2.07 bits per heavy atom. The number of nitrogens with zero attached hydrogens (tertiary/aromatic N) is 1. The molecule has 3 nitrogen and oxygen atoms in total. The molecule has 86 valence electrons. The molecule has 0 spiro atoms. The smallest absolute Gasteiger partial charge is 0.326 e. The van der Waals surface area contributed by atoms with Crippen LogP contribution in [0, 0.1) is 22.7 Å². The Labute approximate surface area is 92.4 Å². The summed E-state index contributed by atoms with van der Waals surface area (Å²) in [6, 6.07) is 2.16. The van der Waals surface area contributed by atoms with E-state index in [2.05, 4.69) is 13.0 Å². The standard InChI is InChI=1S/C12H21NO2/c1-5-8-10(4)12(6-2,9-13)11(14)15-7-3/h10H,5-8H2,1-4H3/t10-,12-/m1/s1. The van der Waals surface area contributed by atoms with Crippen LogP contribution in [0.5, 0.6) is 0 Å². The van der Waals surface area contributed by atoms with Gasteiger partial charge >= 0.3 is 5.97 Å². The Bertz CT molecular complexity index is 244. The molecule has 0 aliphatic carbocycles. The van der Waals surface area contributed by atoms with E-state index in [4.69, 9.17) is 4.74 Å². The number of rotatable bonds is 6. The molecule has 15 heavy (non-hydrogen) atoms. The second-order valence-electron chi connectivity index (χ2n) is 3.85. The Morgan fingerprint density at radius 3 is 2.40 bits per heavy atom. The van der Waals surface area contributed by atoms with Crippen LogP contribution in [-0.2, 0) is 9.53 Å². The van der Waals surface area contributed by atoms with Crippen molar-refractivity contribution in [1.82, 2.24) is 0 Å². The monoisotopic (exact) mass is 211 g/mol. The van der Waals surface area contributed by atoms with E-state index in [-0.39, 0.29) is 11.9 Å². The molecular formula is C12H21NO2. The van der Waals surface area contributed by atoms with Crippen molar-refractivity contribution in [1.29, 1.82) is 5.26 Å². The summed E-state index contributed by atoms with van der Waals surface area (Å²) in [6.07, 6.45) is 2.37. The minimum absolute atomic E-state index is 0.0524. The Morgan fingerprint density at radius 1 is 1.47 bits per heavy atom. The molecule has 0 fully saturated rings. The molecule has 0 aromatic heterocycles. The quantitative estimate of drug-likeness (QED) is 0.635. The van der Waals surface area contributed by atoms with Crippen molar-refractivity contribution in [2.75, 3.05) is 6.61 Å². The third-order valence-electron chi connectivity index (χ3n) is 2.96. The lowest BCUT2D eigenvalue weighted by Crippen LogP contribution is -2.37. The summed E-state index contributed by atoms with van der Waals surface area (Å²) in [5.74, 6) is -0.313. The zero-order valence-corrected chi connectivity index (χ0v) is 10.2. The van der Waals surface area contributed by atoms with Crippen LogP contribution in [0.4, 0.5) is 0 Å². The van der Waals surface area contributed by atoms with Crippen LogP contribution in [-0.4, -0.2) is 12.6 Å². The molecule has 0 saturated heterocycles. The van der Waals surface area contributed by atoms with Crippen molar-refractivity contribution < 1.29 is 9.53 Å². The SMILES string of the molecule is CCC[C@@H](C)[C@](C#N)(CC)C(=O)OCC. The summed E-state index contributed by atoms with van der Waals surface area (Å²) in [4.78, 5) is 11.8. The first-order valence-corrected chi connectivity index (χ1v) is 5.67. The van der Waals surface area contributed by atoms with Crippen LogP contribution in [0.15, 0.2) is 0 Å². The normalized spacial score (nSPS) is 16.2. The maximum atomic E-state index is 11.8. The first-order valence-electron chi connectivity index (χ1n) is 5.67. The lowest BCUT2D eigenvalue weighted by molar-refractivity contribution is -0.155. The summed E-state index contributed by atoms with van der Waals surface area (Å²) in [6.45, 7) is 7.97. The van der Waals surface area contributed by atoms with Gasteiger partial charge in [-0.25, -0.2) is 0 Å². The van der Waals surface area contributed by atoms with Crippen LogP contribution in [0.2, 0.25) is 0 Å². The predicted octanol–water partition coefficient (Wildman–Crippen LogP) is 2.91. The van der Waals surface area contributed by atoms with Crippen molar-refractivity contribution in [3.63, 3.8) is 0 Å². The number of esters is 1. The molecule has 0 N–H and O–H groups in total. The van der Waals surface area contributed by atoms with Crippen LogP contribution >= 0.6 is 0 Å². The molecule has 0 radical (unpaired) electrons. The maximum Gasteiger partial charge on any atom is 0.326 e. The van der Waals surface area contributed by atoms with Crippen LogP contribution in [0.3, 0.4) is 0 Å². The van der Waals surface area contributed by atoms with E-state index in [0.29, 0.717) is 13.0 Å². The minimum atomic E-state index is -0.952. The third kappa shape index (κ3) is 2.95. The number of carbonyl (C=O) groups excluding carboxylic acids is 1. The second-order valence-corrected chi connectivity index (χ2v) is 3.85. The van der Waals surface area contributed by atoms with E-state index < -0.39 is 5.41 Å². The van der Waals surface area contributed by atoms with Gasteiger partial charge in [-0.3, -0.25) is 4.79 Å². The van der Waals surface area contributed by atoms with Gasteiger partial charge in [0.05, 0.1) is 12.7 Å². The Hall–Kier alpha value is -1.04. The summed E-state index contributed by atoms with van der Waals surface area (Å²) >= 11 is 0. The lowest BCUT2D eigenvalue weighted by Gasteiger charge is -2.29. The van der Waals surface area contributed by atoms with Crippen LogP contribution in [0.1, 0.15) is 47.0 Å². The first kappa shape index (κ1) is 14.0. The van der Waals surface area contributed by atoms with Gasteiger partial charge in [0.2, 0.25) is 0 Å². The summed E-state index contributed by atoms with van der Waals surface area (Å²) in [5, 5.41) is 9.22. The van der Waals surface area contributed by atoms with Gasteiger partial charge in [0.25, 0.3) is 0 Å². The molecule has 0 amide bonds. The molecule has 0 heterocycles. The van der Waals surface area contributed by atoms with E-state index in [1.54, 1.807) is 6.92 Å². The van der Waals surface area contributed by atoms with Crippen LogP contribution in [0.25, 0.3) is 0 Å². The average molecular weight is 211 g/mol. The molecule has 2 atom stereocenters. The summed E-state index contributed by atoms with van der Waals surface area (Å²) < 4.78 is 5.00. The van der Waals surface area contributed by atoms with E-state index >= 15 is 0 Å². The minimum Gasteiger partial charge on any atom is -0.465 e. The number of hydrogen-bond donors (Lipinski definition) is 0. The molecule has 0 bridgehead atoms. The van der Waals surface area contributed by atoms with E-state index in [0.717, 1.165) is 12.8 Å². The molecule has 0 rings (SSSR count). The molecule has 0 aromatic rings. The fourth-order valence-electron chi connectivity index (χ4n) is 1.87. The number of carbonyl (C=O) groups is 1. The number of nitriles is 1. The fourth-order valence-corrected chi connectivity index (χ4v) is 1.87. The van der Waals surface area contributed by atoms with Crippen molar-refractivity contribution >= 4 is 5.97 Å². The van der Waals surface area contributed by atoms with Gasteiger partial charge in [0.1, 0.15) is 0 Å². The van der Waals surface area contributed by atoms with Gasteiger partial charge in [-0.2, -0.15) is 5.26 Å². The highest BCUT2D eigenvalue weighted by Gasteiger charge is 2.43. The molecule has 0 unspecified atom stereocenters. The Balaban J connectivity index is 4.88. The zero-order chi connectivity index (χ0) is 11.9. The van der Waals surface area contributed by atoms with Crippen LogP contribution < -0.4 is 0 Å². The molecular weight excluding hydrogens is 190 g/mol. The number of hydrogen-bond acceptors (Lipinski definition) is 3. The number of ether oxygens (including phenoxy) is 1. The van der Waals surface area contributed by atoms with Gasteiger partial charge in [-0.05, 0) is 25.7 Å². The van der Waals surface area contributed by atoms with E-state index in [9.17, 15) is 10.1 Å². The molecule has 0 aromatic carbocycles. The molecule has 0 aliphatic heterocycles. The topological polar surface area (TPSA) is 50.1 Å². The Kier molecular flexibility index (Phi) is 6.00. The highest BCUT2D eigenvalue weighted by molar-refractivity contribution is 5.80. The van der Waals surface area contributed by atoms with Crippen molar-refractivity contribution in [3.8, 4) is 6.07 Å². The van der Waals surface area contributed by atoms with E-state index in [1.807, 2.05) is 13.8 Å². The maximum absolute atomic E-state index is 11.8. The third-order valence-corrected chi connectivity index (χ3v) is 2.96. The van der Waals surface area contributed by atoms with Gasteiger partial charge in [-0.1, -0.05) is 27.2 Å². The second kappa shape index (κ2) is 6.44. The highest BCUT2D eigenvalue weighted by Crippen LogP contribution is 2.35.